The van der Waals surface area contributed by atoms with E-state index in [1.54, 1.807) is 32.5 Å². The van der Waals surface area contributed by atoms with Gasteiger partial charge in [-0.05, 0) is 36.1 Å². The van der Waals surface area contributed by atoms with Crippen LogP contribution in [0.2, 0.25) is 0 Å². The van der Waals surface area contributed by atoms with E-state index in [1.807, 2.05) is 13.0 Å². The van der Waals surface area contributed by atoms with Gasteiger partial charge in [0.25, 0.3) is 15.9 Å². The lowest BCUT2D eigenvalue weighted by Crippen LogP contribution is -2.26. The zero-order chi connectivity index (χ0) is 23.6. The fourth-order valence-electron chi connectivity index (χ4n) is 3.18. The summed E-state index contributed by atoms with van der Waals surface area (Å²) in [7, 11) is -0.602. The molecule has 2 heterocycles. The first-order chi connectivity index (χ1) is 15.0. The molecule has 1 atom stereocenters. The Balaban J connectivity index is 1.95. The number of amidine groups is 1. The molecule has 0 aliphatic carbocycles. The van der Waals surface area contributed by atoms with E-state index in [-0.39, 0.29) is 34.4 Å². The van der Waals surface area contributed by atoms with Gasteiger partial charge in [-0.15, -0.1) is 0 Å². The Hall–Kier alpha value is -3.27. The molecule has 0 spiro atoms. The highest BCUT2D eigenvalue weighted by atomic mass is 32.2. The number of hydrogen-bond acceptors (Lipinski definition) is 7. The quantitative estimate of drug-likeness (QED) is 0.543. The second-order valence-electron chi connectivity index (χ2n) is 8.04. The number of nitrogens with zero attached hydrogens (tertiary/aromatic N) is 2. The van der Waals surface area contributed by atoms with Gasteiger partial charge in [-0.25, -0.2) is 8.42 Å². The van der Waals surface area contributed by atoms with Crippen LogP contribution in [0.5, 0.6) is 5.75 Å². The number of hydrogen-bond donors (Lipinski definition) is 3. The average molecular weight is 461 g/mol. The molecule has 3 N–H and O–H groups in total. The number of phenols is 1. The standard InChI is InChI=1S/C22H28N4O5S/c1-6-16(19-10-14(11-31-19)13(2)3)24-21-18(12-32(29,30)25-21)23-17-9-7-8-15(20(17)27)22(28)26(4)5/h7-13,16,23,27H,6H2,1-5H3,(H,24,25)/t16-/m1/s1. The van der Waals surface area contributed by atoms with Crippen molar-refractivity contribution in [2.45, 2.75) is 39.2 Å². The molecule has 0 bridgehead atoms. The van der Waals surface area contributed by atoms with E-state index in [0.29, 0.717) is 18.1 Å². The first kappa shape index (κ1) is 23.4. The Morgan fingerprint density at radius 2 is 2.03 bits per heavy atom. The van der Waals surface area contributed by atoms with Crippen LogP contribution in [0.1, 0.15) is 60.8 Å². The van der Waals surface area contributed by atoms with E-state index >= 15 is 0 Å². The summed E-state index contributed by atoms with van der Waals surface area (Å²) < 4.78 is 32.6. The molecule has 3 rings (SSSR count). The number of carbonyl (C=O) groups is 1. The van der Waals surface area contributed by atoms with E-state index in [2.05, 4.69) is 28.9 Å². The van der Waals surface area contributed by atoms with Gasteiger partial charge in [0.2, 0.25) is 0 Å². The molecule has 1 aliphatic heterocycles. The molecule has 1 aromatic carbocycles. The molecular formula is C22H28N4O5S. The molecule has 0 radical (unpaired) electrons. The summed E-state index contributed by atoms with van der Waals surface area (Å²) in [5, 5.41) is 14.5. The second kappa shape index (κ2) is 9.07. The maximum absolute atomic E-state index is 12.3. The molecule has 2 aromatic rings. The van der Waals surface area contributed by atoms with E-state index in [4.69, 9.17) is 4.42 Å². The zero-order valence-corrected chi connectivity index (χ0v) is 19.5. The SMILES string of the molecule is CC[C@@H](N=C1NS(=O)(=O)C=C1Nc1cccc(C(=O)N(C)C)c1O)c1cc(C(C)C)co1. The predicted octanol–water partition coefficient (Wildman–Crippen LogP) is 3.55. The summed E-state index contributed by atoms with van der Waals surface area (Å²) in [6.45, 7) is 6.03. The highest BCUT2D eigenvalue weighted by Gasteiger charge is 2.28. The first-order valence-corrected chi connectivity index (χ1v) is 11.8. The van der Waals surface area contributed by atoms with Crippen LogP contribution in [0.3, 0.4) is 0 Å². The largest absolute Gasteiger partial charge is 0.505 e. The van der Waals surface area contributed by atoms with Gasteiger partial charge in [0.1, 0.15) is 11.8 Å². The topological polar surface area (TPSA) is 124 Å². The maximum atomic E-state index is 12.3. The number of aromatic hydroxyl groups is 1. The summed E-state index contributed by atoms with van der Waals surface area (Å²) in [5.74, 6) is 0.366. The number of benzene rings is 1. The highest BCUT2D eigenvalue weighted by molar-refractivity contribution is 7.93. The number of anilines is 1. The van der Waals surface area contributed by atoms with Crippen molar-refractivity contribution < 1.29 is 22.7 Å². The summed E-state index contributed by atoms with van der Waals surface area (Å²) >= 11 is 0. The Bertz CT molecular complexity index is 1180. The fourth-order valence-corrected chi connectivity index (χ4v) is 4.15. The molecule has 9 nitrogen and oxygen atoms in total. The Kier molecular flexibility index (Phi) is 6.63. The number of furan rings is 1. The monoisotopic (exact) mass is 460 g/mol. The number of nitrogens with one attached hydrogen (secondary N) is 2. The van der Waals surface area contributed by atoms with Crippen molar-refractivity contribution in [1.29, 1.82) is 0 Å². The Morgan fingerprint density at radius 1 is 1.31 bits per heavy atom. The van der Waals surface area contributed by atoms with E-state index < -0.39 is 16.1 Å². The molecule has 0 fully saturated rings. The van der Waals surface area contributed by atoms with Crippen molar-refractivity contribution in [1.82, 2.24) is 9.62 Å². The molecule has 32 heavy (non-hydrogen) atoms. The number of sulfonamides is 1. The van der Waals surface area contributed by atoms with Crippen molar-refractivity contribution in [2.24, 2.45) is 4.99 Å². The number of para-hydroxylation sites is 1. The van der Waals surface area contributed by atoms with Gasteiger partial charge in [0, 0.05) is 14.1 Å². The van der Waals surface area contributed by atoms with Crippen molar-refractivity contribution >= 4 is 27.5 Å². The van der Waals surface area contributed by atoms with Crippen LogP contribution in [0.4, 0.5) is 5.69 Å². The van der Waals surface area contributed by atoms with Crippen molar-refractivity contribution in [3.8, 4) is 5.75 Å². The minimum atomic E-state index is -3.75. The van der Waals surface area contributed by atoms with Crippen LogP contribution in [0.25, 0.3) is 0 Å². The molecule has 1 amide bonds. The van der Waals surface area contributed by atoms with Crippen LogP contribution in [-0.4, -0.2) is 44.3 Å². The molecule has 0 saturated heterocycles. The number of amides is 1. The third kappa shape index (κ3) is 4.96. The smallest absolute Gasteiger partial charge is 0.258 e. The van der Waals surface area contributed by atoms with Gasteiger partial charge in [0.15, 0.2) is 11.6 Å². The van der Waals surface area contributed by atoms with E-state index in [9.17, 15) is 18.3 Å². The summed E-state index contributed by atoms with van der Waals surface area (Å²) in [5.41, 5.74) is 1.47. The number of rotatable bonds is 7. The number of phenolic OH excluding ortho intramolecular Hbond substituents is 1. The molecule has 1 aromatic heterocycles. The number of carbonyl (C=O) groups excluding carboxylic acids is 1. The molecule has 10 heteroatoms. The fraction of sp³-hybridized carbons (Fsp3) is 0.364. The van der Waals surface area contributed by atoms with Crippen molar-refractivity contribution in [3.05, 3.63) is 58.5 Å². The number of aliphatic imine (C=N–C) groups is 1. The summed E-state index contributed by atoms with van der Waals surface area (Å²) in [6.07, 6.45) is 2.27. The van der Waals surface area contributed by atoms with Crippen LogP contribution in [-0.2, 0) is 10.0 Å². The Labute approximate surface area is 187 Å². The normalized spacial score (nSPS) is 17.2. The van der Waals surface area contributed by atoms with Crippen molar-refractivity contribution in [2.75, 3.05) is 19.4 Å². The lowest BCUT2D eigenvalue weighted by molar-refractivity contribution is 0.0824. The van der Waals surface area contributed by atoms with Crippen molar-refractivity contribution in [3.63, 3.8) is 0 Å². The predicted molar refractivity (Wildman–Crippen MR) is 123 cm³/mol. The minimum absolute atomic E-state index is 0.0936. The van der Waals surface area contributed by atoms with Gasteiger partial charge in [0.05, 0.1) is 28.6 Å². The zero-order valence-electron chi connectivity index (χ0n) is 18.7. The van der Waals surface area contributed by atoms with Crippen LogP contribution in [0, 0.1) is 0 Å². The third-order valence-corrected chi connectivity index (χ3v) is 6.04. The minimum Gasteiger partial charge on any atom is -0.505 e. The molecular weight excluding hydrogens is 432 g/mol. The van der Waals surface area contributed by atoms with Gasteiger partial charge in [-0.3, -0.25) is 14.5 Å². The van der Waals surface area contributed by atoms with Crippen LogP contribution in [0.15, 0.2) is 51.0 Å². The first-order valence-electron chi connectivity index (χ1n) is 10.2. The summed E-state index contributed by atoms with van der Waals surface area (Å²) in [6, 6.07) is 6.15. The maximum Gasteiger partial charge on any atom is 0.258 e. The molecule has 1 aliphatic rings. The lowest BCUT2D eigenvalue weighted by atomic mass is 10.1. The van der Waals surface area contributed by atoms with Crippen LogP contribution >= 0.6 is 0 Å². The van der Waals surface area contributed by atoms with E-state index in [0.717, 1.165) is 11.0 Å². The lowest BCUT2D eigenvalue weighted by Gasteiger charge is -2.16. The summed E-state index contributed by atoms with van der Waals surface area (Å²) in [4.78, 5) is 18.2. The van der Waals surface area contributed by atoms with Crippen LogP contribution < -0.4 is 10.0 Å². The van der Waals surface area contributed by atoms with Gasteiger partial charge in [-0.1, -0.05) is 26.8 Å². The molecule has 172 valence electrons. The molecule has 0 saturated carbocycles. The van der Waals surface area contributed by atoms with E-state index in [1.165, 1.54) is 11.0 Å². The molecule has 0 unspecified atom stereocenters. The van der Waals surface area contributed by atoms with Gasteiger partial charge in [-0.2, -0.15) is 0 Å². The third-order valence-electron chi connectivity index (χ3n) is 5.02. The highest BCUT2D eigenvalue weighted by Crippen LogP contribution is 2.31. The van der Waals surface area contributed by atoms with Gasteiger partial charge >= 0.3 is 0 Å². The second-order valence-corrected chi connectivity index (χ2v) is 9.57. The Morgan fingerprint density at radius 3 is 2.62 bits per heavy atom. The van der Waals surface area contributed by atoms with Gasteiger partial charge < -0.3 is 19.7 Å². The average Bonchev–Trinajstić information content (AvgIpc) is 3.31.